The third-order valence-electron chi connectivity index (χ3n) is 0.566. The Morgan fingerprint density at radius 3 is 1.56 bits per heavy atom. The van der Waals surface area contributed by atoms with Gasteiger partial charge in [0.25, 0.3) is 0 Å². The number of aromatic nitrogens is 1. The molecule has 1 heterocycles. The zero-order chi connectivity index (χ0) is 6.95. The summed E-state index contributed by atoms with van der Waals surface area (Å²) in [6.07, 6.45) is 3.50. The Balaban J connectivity index is 0.000000187. The van der Waals surface area contributed by atoms with Crippen LogP contribution in [-0.2, 0) is 0 Å². The Labute approximate surface area is 72.1 Å². The molecule has 4 heteroatoms. The molecule has 1 nitrogen and oxygen atoms in total. The second-order valence-electron chi connectivity index (χ2n) is 1.08. The molecule has 0 spiro atoms. The minimum absolute atomic E-state index is 0.466. The standard InChI is InChI=1S/C5H5N.Cl2I/c1-2-4-6-5-3-1;1-3-2/h1-5H;/q;-1. The Bertz CT molecular complexity index is 97.8. The van der Waals surface area contributed by atoms with Gasteiger partial charge in [-0.25, -0.2) is 0 Å². The Hall–Kier alpha value is 0.460. The third-order valence-corrected chi connectivity index (χ3v) is 0.566. The van der Waals surface area contributed by atoms with Crippen molar-refractivity contribution in [2.24, 2.45) is 0 Å². The first-order valence-electron chi connectivity index (χ1n) is 2.14. The molecule has 0 fully saturated rings. The monoisotopic (exact) mass is 276 g/mol. The maximum absolute atomic E-state index is 4.87. The van der Waals surface area contributed by atoms with Crippen LogP contribution in [0.25, 0.3) is 0 Å². The Morgan fingerprint density at radius 1 is 1.00 bits per heavy atom. The summed E-state index contributed by atoms with van der Waals surface area (Å²) in [5.41, 5.74) is 0. The van der Waals surface area contributed by atoms with Gasteiger partial charge < -0.3 is 0 Å². The van der Waals surface area contributed by atoms with Crippen molar-refractivity contribution in [3.8, 4) is 0 Å². The molecular formula is C5H5Cl2IN-. The predicted molar refractivity (Wildman–Crippen MR) is 35.9 cm³/mol. The molecule has 0 N–H and O–H groups in total. The fraction of sp³-hybridized carbons (Fsp3) is 0. The molecule has 0 unspecified atom stereocenters. The molecule has 0 amide bonds. The van der Waals surface area contributed by atoms with Crippen LogP contribution in [0.1, 0.15) is 0 Å². The van der Waals surface area contributed by atoms with Gasteiger partial charge in [-0.1, -0.05) is 6.07 Å². The maximum atomic E-state index is 4.87. The Kier molecular flexibility index (Phi) is 8.89. The van der Waals surface area contributed by atoms with Gasteiger partial charge in [-0.3, -0.25) is 4.98 Å². The smallest absolute Gasteiger partial charge is 0.0267 e. The molecule has 0 radical (unpaired) electrons. The van der Waals surface area contributed by atoms with Gasteiger partial charge in [0, 0.05) is 12.4 Å². The van der Waals surface area contributed by atoms with Crippen LogP contribution in [0.5, 0.6) is 0 Å². The van der Waals surface area contributed by atoms with Crippen LogP contribution in [0.3, 0.4) is 0 Å². The zero-order valence-corrected chi connectivity index (χ0v) is 8.14. The van der Waals surface area contributed by atoms with Gasteiger partial charge in [0.1, 0.15) is 0 Å². The number of pyridine rings is 1. The van der Waals surface area contributed by atoms with E-state index < -0.39 is 18.9 Å². The largest absolute Gasteiger partial charge is 0.265 e. The van der Waals surface area contributed by atoms with E-state index in [1.807, 2.05) is 18.2 Å². The van der Waals surface area contributed by atoms with E-state index in [9.17, 15) is 0 Å². The molecule has 0 saturated carbocycles. The summed E-state index contributed by atoms with van der Waals surface area (Å²) in [5, 5.41) is 0. The number of hydrogen-bond donors (Lipinski definition) is 0. The molecule has 52 valence electrons. The van der Waals surface area contributed by atoms with Crippen molar-refractivity contribution in [3.05, 3.63) is 30.6 Å². The normalized spacial score (nSPS) is 7.78. The number of hydrogen-bond acceptors (Lipinski definition) is 1. The van der Waals surface area contributed by atoms with Crippen molar-refractivity contribution < 1.29 is 18.9 Å². The van der Waals surface area contributed by atoms with Crippen molar-refractivity contribution in [1.82, 2.24) is 4.98 Å². The van der Waals surface area contributed by atoms with Crippen molar-refractivity contribution >= 4 is 17.8 Å². The average molecular weight is 277 g/mol. The maximum Gasteiger partial charge on any atom is 0.0267 e. The van der Waals surface area contributed by atoms with Crippen molar-refractivity contribution in [2.45, 2.75) is 0 Å². The quantitative estimate of drug-likeness (QED) is 0.581. The summed E-state index contributed by atoms with van der Waals surface area (Å²) >= 11 is -0.466. The van der Waals surface area contributed by atoms with E-state index in [1.54, 1.807) is 12.4 Å². The van der Waals surface area contributed by atoms with Crippen molar-refractivity contribution in [1.29, 1.82) is 0 Å². The molecule has 1 aromatic heterocycles. The van der Waals surface area contributed by atoms with E-state index >= 15 is 0 Å². The molecular weight excluding hydrogens is 272 g/mol. The third kappa shape index (κ3) is 8.46. The summed E-state index contributed by atoms with van der Waals surface area (Å²) in [6.45, 7) is 0. The molecule has 0 saturated heterocycles. The van der Waals surface area contributed by atoms with Crippen LogP contribution in [0.15, 0.2) is 30.6 Å². The van der Waals surface area contributed by atoms with Crippen LogP contribution in [0, 0.1) is 0 Å². The van der Waals surface area contributed by atoms with E-state index in [0.717, 1.165) is 0 Å². The van der Waals surface area contributed by atoms with E-state index in [2.05, 4.69) is 4.98 Å². The summed E-state index contributed by atoms with van der Waals surface area (Å²) in [6, 6.07) is 5.72. The minimum Gasteiger partial charge on any atom is -0.265 e. The molecule has 0 aliphatic rings. The second kappa shape index (κ2) is 8.46. The first-order chi connectivity index (χ1) is 4.41. The summed E-state index contributed by atoms with van der Waals surface area (Å²) in [7, 11) is 9.75. The fourth-order valence-electron chi connectivity index (χ4n) is 0.313. The number of nitrogens with zero attached hydrogens (tertiary/aromatic N) is 1. The van der Waals surface area contributed by atoms with Gasteiger partial charge in [-0.2, -0.15) is 0 Å². The minimum atomic E-state index is -0.466. The van der Waals surface area contributed by atoms with Crippen LogP contribution in [0.2, 0.25) is 0 Å². The fourth-order valence-corrected chi connectivity index (χ4v) is 0.313. The van der Waals surface area contributed by atoms with Crippen molar-refractivity contribution in [3.63, 3.8) is 0 Å². The first-order valence-corrected chi connectivity index (χ1v) is 7.60. The van der Waals surface area contributed by atoms with E-state index in [0.29, 0.717) is 0 Å². The van der Waals surface area contributed by atoms with Crippen LogP contribution < -0.4 is 18.9 Å². The molecule has 9 heavy (non-hydrogen) atoms. The van der Waals surface area contributed by atoms with Gasteiger partial charge in [-0.15, -0.1) is 0 Å². The van der Waals surface area contributed by atoms with Gasteiger partial charge in [0.2, 0.25) is 0 Å². The van der Waals surface area contributed by atoms with E-state index in [-0.39, 0.29) is 0 Å². The molecule has 0 aromatic carbocycles. The van der Waals surface area contributed by atoms with Crippen LogP contribution >= 0.6 is 17.8 Å². The second-order valence-corrected chi connectivity index (χ2v) is 4.28. The molecule has 0 aliphatic heterocycles. The zero-order valence-electron chi connectivity index (χ0n) is 4.47. The molecule has 1 rings (SSSR count). The molecule has 1 aromatic rings. The van der Waals surface area contributed by atoms with Gasteiger partial charge in [-0.05, 0) is 12.1 Å². The van der Waals surface area contributed by atoms with Gasteiger partial charge >= 0.3 is 36.8 Å². The van der Waals surface area contributed by atoms with E-state index in [4.69, 9.17) is 17.8 Å². The number of halogens is 3. The summed E-state index contributed by atoms with van der Waals surface area (Å²) < 4.78 is 0. The van der Waals surface area contributed by atoms with Crippen molar-refractivity contribution in [2.75, 3.05) is 0 Å². The first kappa shape index (κ1) is 9.46. The van der Waals surface area contributed by atoms with E-state index in [1.165, 1.54) is 0 Å². The van der Waals surface area contributed by atoms with Crippen LogP contribution in [0.4, 0.5) is 0 Å². The summed E-state index contributed by atoms with van der Waals surface area (Å²) in [4.78, 5) is 3.78. The Morgan fingerprint density at radius 2 is 1.44 bits per heavy atom. The molecule has 0 bridgehead atoms. The molecule has 0 aliphatic carbocycles. The number of rotatable bonds is 0. The SMILES string of the molecule is Cl[I-]Cl.c1ccncc1. The van der Waals surface area contributed by atoms with Gasteiger partial charge in [0.05, 0.1) is 0 Å². The van der Waals surface area contributed by atoms with Crippen LogP contribution in [-0.4, -0.2) is 4.98 Å². The van der Waals surface area contributed by atoms with Gasteiger partial charge in [0.15, 0.2) is 0 Å². The topological polar surface area (TPSA) is 12.9 Å². The molecule has 0 atom stereocenters. The predicted octanol–water partition coefficient (Wildman–Crippen LogP) is -0.535. The average Bonchev–Trinajstić information content (AvgIpc) is 1.93. The summed E-state index contributed by atoms with van der Waals surface area (Å²) in [5.74, 6) is 0.